The number of unbranched alkanes of at least 4 members (excludes halogenated alkanes) is 1. The van der Waals surface area contributed by atoms with Crippen molar-refractivity contribution in [2.45, 2.75) is 24.7 Å². The highest BCUT2D eigenvalue weighted by Gasteiger charge is 2.34. The van der Waals surface area contributed by atoms with Crippen LogP contribution >= 0.6 is 0 Å². The molecule has 1 N–H and O–H groups in total. The van der Waals surface area contributed by atoms with Crippen molar-refractivity contribution in [2.24, 2.45) is 0 Å². The van der Waals surface area contributed by atoms with E-state index < -0.39 is 10.0 Å². The zero-order chi connectivity index (χ0) is 15.5. The number of nitrogens with one attached hydrogen (secondary N) is 1. The first-order valence-electron chi connectivity index (χ1n) is 7.01. The fraction of sp³-hybridized carbons (Fsp3) is 0.500. The largest absolute Gasteiger partial charge is 0.497 e. The molecule has 0 aromatic heterocycles. The first-order valence-corrected chi connectivity index (χ1v) is 8.45. The van der Waals surface area contributed by atoms with E-state index in [4.69, 9.17) is 10.1 Å². The van der Waals surface area contributed by atoms with E-state index in [2.05, 4.69) is 6.92 Å². The number of methoxy groups -OCH3 is 1. The average molecular weight is 311 g/mol. The summed E-state index contributed by atoms with van der Waals surface area (Å²) in [5, 5.41) is 8.07. The molecule has 116 valence electrons. The van der Waals surface area contributed by atoms with Gasteiger partial charge in [0, 0.05) is 13.1 Å². The Morgan fingerprint density at radius 1 is 1.24 bits per heavy atom. The summed E-state index contributed by atoms with van der Waals surface area (Å²) in [6, 6.07) is 6.25. The minimum Gasteiger partial charge on any atom is -0.497 e. The number of ether oxygens (including phenoxy) is 1. The molecule has 6 nitrogen and oxygen atoms in total. The van der Waals surface area contributed by atoms with Gasteiger partial charge in [0.25, 0.3) is 10.0 Å². The molecule has 0 bridgehead atoms. The van der Waals surface area contributed by atoms with Crippen LogP contribution in [0.1, 0.15) is 19.8 Å². The van der Waals surface area contributed by atoms with Crippen molar-refractivity contribution in [1.82, 2.24) is 9.21 Å². The Bertz CT molecular complexity index is 598. The Morgan fingerprint density at radius 3 is 2.48 bits per heavy atom. The van der Waals surface area contributed by atoms with E-state index in [0.717, 1.165) is 19.4 Å². The van der Waals surface area contributed by atoms with E-state index in [1.54, 1.807) is 12.1 Å². The van der Waals surface area contributed by atoms with Gasteiger partial charge in [0.05, 0.1) is 18.6 Å². The Balaban J connectivity index is 2.18. The smallest absolute Gasteiger partial charge is 0.266 e. The minimum atomic E-state index is -3.66. The van der Waals surface area contributed by atoms with Gasteiger partial charge < -0.3 is 9.64 Å². The molecule has 1 heterocycles. The van der Waals surface area contributed by atoms with Crippen LogP contribution < -0.4 is 4.74 Å². The Hall–Kier alpha value is -1.76. The zero-order valence-corrected chi connectivity index (χ0v) is 13.2. The molecule has 0 unspecified atom stereocenters. The number of sulfonamides is 1. The maximum atomic E-state index is 12.6. The summed E-state index contributed by atoms with van der Waals surface area (Å²) < 4.78 is 31.4. The summed E-state index contributed by atoms with van der Waals surface area (Å²) in [6.07, 6.45) is 1.98. The van der Waals surface area contributed by atoms with Crippen LogP contribution in [0.3, 0.4) is 0 Å². The van der Waals surface area contributed by atoms with Gasteiger partial charge in [0.15, 0.2) is 0 Å². The summed E-state index contributed by atoms with van der Waals surface area (Å²) in [7, 11) is -2.13. The van der Waals surface area contributed by atoms with Crippen molar-refractivity contribution in [3.8, 4) is 5.75 Å². The second kappa shape index (κ2) is 6.34. The Morgan fingerprint density at radius 2 is 1.90 bits per heavy atom. The van der Waals surface area contributed by atoms with Gasteiger partial charge in [-0.2, -0.15) is 0 Å². The third-order valence-electron chi connectivity index (χ3n) is 3.54. The van der Waals surface area contributed by atoms with Crippen LogP contribution in [-0.2, 0) is 10.0 Å². The highest BCUT2D eigenvalue weighted by atomic mass is 32.2. The summed E-state index contributed by atoms with van der Waals surface area (Å²) in [5.74, 6) is 0.675. The van der Waals surface area contributed by atoms with Crippen LogP contribution in [0.5, 0.6) is 5.75 Å². The van der Waals surface area contributed by atoms with Crippen molar-refractivity contribution in [2.75, 3.05) is 26.7 Å². The molecule has 0 spiro atoms. The summed E-state index contributed by atoms with van der Waals surface area (Å²) in [5.41, 5.74) is 0. The maximum Gasteiger partial charge on any atom is 0.266 e. The fourth-order valence-corrected chi connectivity index (χ4v) is 3.66. The van der Waals surface area contributed by atoms with Gasteiger partial charge in [-0.1, -0.05) is 13.3 Å². The molecule has 0 atom stereocenters. The maximum absolute atomic E-state index is 12.6. The molecule has 7 heteroatoms. The average Bonchev–Trinajstić information content (AvgIpc) is 2.87. The van der Waals surface area contributed by atoms with Gasteiger partial charge in [-0.15, -0.1) is 0 Å². The summed E-state index contributed by atoms with van der Waals surface area (Å²) >= 11 is 0. The van der Waals surface area contributed by atoms with E-state index in [-0.39, 0.29) is 10.9 Å². The van der Waals surface area contributed by atoms with Crippen LogP contribution in [0.4, 0.5) is 0 Å². The van der Waals surface area contributed by atoms with Crippen LogP contribution in [0.25, 0.3) is 0 Å². The highest BCUT2D eigenvalue weighted by Crippen LogP contribution is 2.22. The first-order chi connectivity index (χ1) is 10.0. The standard InChI is InChI=1S/C14H21N3O3S/c1-3-4-9-16-10-11-17(14(16)15)21(18,19)13-7-5-12(20-2)6-8-13/h5-8,15H,3-4,9-11H2,1-2H3. The van der Waals surface area contributed by atoms with Gasteiger partial charge in [-0.3, -0.25) is 5.41 Å². The van der Waals surface area contributed by atoms with Crippen molar-refractivity contribution >= 4 is 16.0 Å². The number of nitrogens with zero attached hydrogens (tertiary/aromatic N) is 2. The number of hydrogen-bond donors (Lipinski definition) is 1. The Kier molecular flexibility index (Phi) is 4.72. The van der Waals surface area contributed by atoms with Crippen molar-refractivity contribution in [1.29, 1.82) is 5.41 Å². The molecule has 0 saturated carbocycles. The lowest BCUT2D eigenvalue weighted by molar-refractivity contribution is 0.414. The number of hydrogen-bond acceptors (Lipinski definition) is 4. The second-order valence-electron chi connectivity index (χ2n) is 4.92. The van der Waals surface area contributed by atoms with Gasteiger partial charge in [-0.25, -0.2) is 12.7 Å². The summed E-state index contributed by atoms with van der Waals surface area (Å²) in [4.78, 5) is 2.00. The molecule has 2 rings (SSSR count). The molecule has 21 heavy (non-hydrogen) atoms. The number of rotatable bonds is 6. The van der Waals surface area contributed by atoms with Gasteiger partial charge in [-0.05, 0) is 30.7 Å². The van der Waals surface area contributed by atoms with Crippen molar-refractivity contribution < 1.29 is 13.2 Å². The zero-order valence-electron chi connectivity index (χ0n) is 12.4. The number of guanidine groups is 1. The molecule has 0 amide bonds. The van der Waals surface area contributed by atoms with Crippen LogP contribution in [0.15, 0.2) is 29.2 Å². The molecule has 1 aromatic carbocycles. The lowest BCUT2D eigenvalue weighted by atomic mass is 10.3. The lowest BCUT2D eigenvalue weighted by Gasteiger charge is -2.21. The van der Waals surface area contributed by atoms with E-state index in [0.29, 0.717) is 18.8 Å². The third-order valence-corrected chi connectivity index (χ3v) is 5.34. The SMILES string of the molecule is CCCCN1CCN(S(=O)(=O)c2ccc(OC)cc2)C1=N. The first kappa shape index (κ1) is 15.6. The minimum absolute atomic E-state index is 0.0688. The van der Waals surface area contributed by atoms with Crippen LogP contribution in [-0.4, -0.2) is 50.3 Å². The van der Waals surface area contributed by atoms with Crippen molar-refractivity contribution in [3.05, 3.63) is 24.3 Å². The molecule has 0 aliphatic carbocycles. The number of benzene rings is 1. The predicted octanol–water partition coefficient (Wildman–Crippen LogP) is 1.74. The van der Waals surface area contributed by atoms with Crippen LogP contribution in [0, 0.1) is 5.41 Å². The molecule has 1 aliphatic rings. The monoisotopic (exact) mass is 311 g/mol. The van der Waals surface area contributed by atoms with E-state index >= 15 is 0 Å². The molecule has 1 fully saturated rings. The molecule has 1 saturated heterocycles. The van der Waals surface area contributed by atoms with Gasteiger partial charge in [0.1, 0.15) is 5.75 Å². The predicted molar refractivity (Wildman–Crippen MR) is 81.1 cm³/mol. The van der Waals surface area contributed by atoms with Crippen LogP contribution in [0.2, 0.25) is 0 Å². The topological polar surface area (TPSA) is 73.7 Å². The highest BCUT2D eigenvalue weighted by molar-refractivity contribution is 7.89. The molecular formula is C14H21N3O3S. The molecule has 1 aliphatic heterocycles. The van der Waals surface area contributed by atoms with Crippen molar-refractivity contribution in [3.63, 3.8) is 0 Å². The van der Waals surface area contributed by atoms with E-state index in [1.165, 1.54) is 23.5 Å². The normalized spacial score (nSPS) is 15.6. The van der Waals surface area contributed by atoms with E-state index in [9.17, 15) is 8.42 Å². The molecular weight excluding hydrogens is 290 g/mol. The Labute approximate surface area is 125 Å². The lowest BCUT2D eigenvalue weighted by Crippen LogP contribution is -2.37. The van der Waals surface area contributed by atoms with Gasteiger partial charge in [0.2, 0.25) is 5.96 Å². The molecule has 0 radical (unpaired) electrons. The third kappa shape index (κ3) is 3.12. The van der Waals surface area contributed by atoms with E-state index in [1.807, 2.05) is 4.90 Å². The quantitative estimate of drug-likeness (QED) is 0.868. The van der Waals surface area contributed by atoms with Gasteiger partial charge >= 0.3 is 0 Å². The molecule has 1 aromatic rings. The summed E-state index contributed by atoms with van der Waals surface area (Å²) in [6.45, 7) is 3.71. The second-order valence-corrected chi connectivity index (χ2v) is 6.78. The fourth-order valence-electron chi connectivity index (χ4n) is 2.26.